The molecule has 0 bridgehead atoms. The SMILES string of the molecule is C/C=C/C(=O)[C@H](C(=O)OC(C)(C)C)[C@@H](c1ccccc1)[C@H](C)[N+](=O)[O-]. The van der Waals surface area contributed by atoms with Crippen molar-refractivity contribution in [2.75, 3.05) is 0 Å². The number of hydrogen-bond acceptors (Lipinski definition) is 5. The first-order valence-electron chi connectivity index (χ1n) is 8.16. The Balaban J connectivity index is 3.44. The third kappa shape index (κ3) is 5.81. The van der Waals surface area contributed by atoms with E-state index in [0.29, 0.717) is 5.56 Å². The molecule has 0 fully saturated rings. The highest BCUT2D eigenvalue weighted by Crippen LogP contribution is 2.33. The maximum absolute atomic E-state index is 12.7. The van der Waals surface area contributed by atoms with Gasteiger partial charge in [-0.3, -0.25) is 19.7 Å². The summed E-state index contributed by atoms with van der Waals surface area (Å²) >= 11 is 0. The fourth-order valence-electron chi connectivity index (χ4n) is 2.63. The maximum Gasteiger partial charge on any atom is 0.318 e. The van der Waals surface area contributed by atoms with Crippen molar-refractivity contribution in [1.82, 2.24) is 0 Å². The number of ketones is 1. The summed E-state index contributed by atoms with van der Waals surface area (Å²) in [7, 11) is 0. The quantitative estimate of drug-likeness (QED) is 0.247. The van der Waals surface area contributed by atoms with Crippen LogP contribution in [0.25, 0.3) is 0 Å². The second-order valence-electron chi connectivity index (χ2n) is 6.88. The van der Waals surface area contributed by atoms with Gasteiger partial charge in [-0.05, 0) is 39.3 Å². The number of carbonyl (C=O) groups excluding carboxylic acids is 2. The first kappa shape index (κ1) is 20.5. The van der Waals surface area contributed by atoms with Gasteiger partial charge in [0, 0.05) is 11.8 Å². The van der Waals surface area contributed by atoms with Crippen LogP contribution >= 0.6 is 0 Å². The number of allylic oxidation sites excluding steroid dienone is 2. The van der Waals surface area contributed by atoms with Crippen molar-refractivity contribution in [3.05, 3.63) is 58.2 Å². The van der Waals surface area contributed by atoms with Gasteiger partial charge in [-0.25, -0.2) is 0 Å². The Morgan fingerprint density at radius 3 is 2.20 bits per heavy atom. The number of carbonyl (C=O) groups is 2. The second-order valence-corrected chi connectivity index (χ2v) is 6.88. The summed E-state index contributed by atoms with van der Waals surface area (Å²) in [5.74, 6) is -3.45. The molecule has 25 heavy (non-hydrogen) atoms. The summed E-state index contributed by atoms with van der Waals surface area (Å²) in [4.78, 5) is 36.3. The zero-order valence-electron chi connectivity index (χ0n) is 15.3. The fraction of sp³-hybridized carbons (Fsp3) is 0.474. The van der Waals surface area contributed by atoms with Crippen LogP contribution in [-0.4, -0.2) is 28.3 Å². The molecule has 0 radical (unpaired) electrons. The molecular weight excluding hydrogens is 322 g/mol. The van der Waals surface area contributed by atoms with Gasteiger partial charge in [-0.15, -0.1) is 0 Å². The molecule has 6 heteroatoms. The fourth-order valence-corrected chi connectivity index (χ4v) is 2.63. The molecule has 0 aromatic heterocycles. The van der Waals surface area contributed by atoms with E-state index in [9.17, 15) is 19.7 Å². The standard InChI is InChI=1S/C19H25NO5/c1-6-10-15(21)17(18(22)25-19(3,4)5)16(13(2)20(23)24)14-11-8-7-9-12-14/h6-13,16-17H,1-5H3/b10-6+/t13-,16+,17-/m0/s1. The van der Waals surface area contributed by atoms with E-state index in [4.69, 9.17) is 4.74 Å². The van der Waals surface area contributed by atoms with Crippen molar-refractivity contribution < 1.29 is 19.2 Å². The number of rotatable bonds is 7. The Hall–Kier alpha value is -2.50. The number of nitro groups is 1. The summed E-state index contributed by atoms with van der Waals surface area (Å²) in [6.07, 6.45) is 2.77. The number of benzene rings is 1. The van der Waals surface area contributed by atoms with Crippen LogP contribution in [0.4, 0.5) is 0 Å². The zero-order chi connectivity index (χ0) is 19.2. The largest absolute Gasteiger partial charge is 0.459 e. The van der Waals surface area contributed by atoms with E-state index < -0.39 is 40.2 Å². The Kier molecular flexibility index (Phi) is 7.03. The molecule has 0 amide bonds. The molecule has 1 rings (SSSR count). The van der Waals surface area contributed by atoms with Crippen molar-refractivity contribution in [3.8, 4) is 0 Å². The number of nitrogens with zero attached hydrogens (tertiary/aromatic N) is 1. The molecule has 1 aromatic carbocycles. The summed E-state index contributed by atoms with van der Waals surface area (Å²) in [6.45, 7) is 8.13. The van der Waals surface area contributed by atoms with Crippen molar-refractivity contribution in [2.45, 2.75) is 52.2 Å². The normalized spacial score (nSPS) is 15.4. The van der Waals surface area contributed by atoms with Crippen molar-refractivity contribution in [2.24, 2.45) is 5.92 Å². The number of hydrogen-bond donors (Lipinski definition) is 0. The highest BCUT2D eigenvalue weighted by molar-refractivity contribution is 6.06. The smallest absolute Gasteiger partial charge is 0.318 e. The molecule has 0 spiro atoms. The van der Waals surface area contributed by atoms with E-state index in [2.05, 4.69) is 0 Å². The van der Waals surface area contributed by atoms with E-state index in [-0.39, 0.29) is 0 Å². The van der Waals surface area contributed by atoms with Crippen molar-refractivity contribution >= 4 is 11.8 Å². The van der Waals surface area contributed by atoms with Gasteiger partial charge in [0.25, 0.3) is 0 Å². The lowest BCUT2D eigenvalue weighted by Crippen LogP contribution is -2.41. The van der Waals surface area contributed by atoms with Gasteiger partial charge >= 0.3 is 5.97 Å². The van der Waals surface area contributed by atoms with Gasteiger partial charge < -0.3 is 4.74 Å². The van der Waals surface area contributed by atoms with Gasteiger partial charge in [0.1, 0.15) is 11.5 Å². The lowest BCUT2D eigenvalue weighted by atomic mass is 9.78. The van der Waals surface area contributed by atoms with Crippen LogP contribution in [0.3, 0.4) is 0 Å². The molecule has 0 saturated carbocycles. The average Bonchev–Trinajstić information content (AvgIpc) is 2.50. The molecular formula is C19H25NO5. The monoisotopic (exact) mass is 347 g/mol. The first-order valence-corrected chi connectivity index (χ1v) is 8.16. The Bertz CT molecular complexity index is 646. The molecule has 0 saturated heterocycles. The third-order valence-electron chi connectivity index (χ3n) is 3.69. The maximum atomic E-state index is 12.7. The van der Waals surface area contributed by atoms with Gasteiger partial charge in [-0.1, -0.05) is 36.4 Å². The van der Waals surface area contributed by atoms with Crippen LogP contribution in [-0.2, 0) is 14.3 Å². The topological polar surface area (TPSA) is 86.5 Å². The lowest BCUT2D eigenvalue weighted by Gasteiger charge is -2.28. The minimum atomic E-state index is -1.28. The van der Waals surface area contributed by atoms with E-state index in [1.165, 1.54) is 19.1 Å². The average molecular weight is 347 g/mol. The summed E-state index contributed by atoms with van der Waals surface area (Å²) in [5, 5.41) is 11.4. The summed E-state index contributed by atoms with van der Waals surface area (Å²) in [5.41, 5.74) is -0.245. The molecule has 136 valence electrons. The minimum absolute atomic E-state index is 0.474. The highest BCUT2D eigenvalue weighted by atomic mass is 16.6. The molecule has 0 aliphatic rings. The van der Waals surface area contributed by atoms with Crippen molar-refractivity contribution in [3.63, 3.8) is 0 Å². The van der Waals surface area contributed by atoms with Gasteiger partial charge in [0.15, 0.2) is 5.78 Å². The van der Waals surface area contributed by atoms with E-state index >= 15 is 0 Å². The molecule has 0 heterocycles. The van der Waals surface area contributed by atoms with Gasteiger partial charge in [0.05, 0.1) is 5.92 Å². The molecule has 0 aliphatic heterocycles. The Morgan fingerprint density at radius 1 is 1.20 bits per heavy atom. The van der Waals surface area contributed by atoms with Crippen LogP contribution in [0.2, 0.25) is 0 Å². The van der Waals surface area contributed by atoms with E-state index in [1.54, 1.807) is 58.0 Å². The van der Waals surface area contributed by atoms with Gasteiger partial charge in [-0.2, -0.15) is 0 Å². The molecule has 6 nitrogen and oxygen atoms in total. The first-order chi connectivity index (χ1) is 11.6. The lowest BCUT2D eigenvalue weighted by molar-refractivity contribution is -0.523. The van der Waals surface area contributed by atoms with Crippen LogP contribution in [0.15, 0.2) is 42.5 Å². The van der Waals surface area contributed by atoms with E-state index in [1.807, 2.05) is 0 Å². The molecule has 3 atom stereocenters. The van der Waals surface area contributed by atoms with Crippen molar-refractivity contribution in [1.29, 1.82) is 0 Å². The van der Waals surface area contributed by atoms with Crippen LogP contribution in [0, 0.1) is 16.0 Å². The summed E-state index contributed by atoms with van der Waals surface area (Å²) < 4.78 is 5.38. The minimum Gasteiger partial charge on any atom is -0.459 e. The molecule has 0 N–H and O–H groups in total. The predicted octanol–water partition coefficient (Wildman–Crippen LogP) is 3.54. The second kappa shape index (κ2) is 8.55. The van der Waals surface area contributed by atoms with Crippen LogP contribution in [0.5, 0.6) is 0 Å². The predicted molar refractivity (Wildman–Crippen MR) is 94.8 cm³/mol. The van der Waals surface area contributed by atoms with Crippen LogP contribution < -0.4 is 0 Å². The van der Waals surface area contributed by atoms with E-state index in [0.717, 1.165) is 0 Å². The molecule has 0 aliphatic carbocycles. The third-order valence-corrected chi connectivity index (χ3v) is 3.69. The Labute approximate surface area is 148 Å². The highest BCUT2D eigenvalue weighted by Gasteiger charge is 2.44. The molecule has 0 unspecified atom stereocenters. The summed E-state index contributed by atoms with van der Waals surface area (Å²) in [6, 6.07) is 7.46. The van der Waals surface area contributed by atoms with Gasteiger partial charge in [0.2, 0.25) is 6.04 Å². The molecule has 1 aromatic rings. The number of esters is 1. The number of ether oxygens (including phenoxy) is 1. The zero-order valence-corrected chi connectivity index (χ0v) is 15.3. The Morgan fingerprint density at radius 2 is 1.76 bits per heavy atom. The van der Waals surface area contributed by atoms with Crippen LogP contribution in [0.1, 0.15) is 46.1 Å².